The summed E-state index contributed by atoms with van der Waals surface area (Å²) in [5.41, 5.74) is 3.45. The van der Waals surface area contributed by atoms with Gasteiger partial charge in [0.05, 0.1) is 12.2 Å². The first-order chi connectivity index (χ1) is 13.6. The molecule has 0 saturated heterocycles. The Morgan fingerprint density at radius 3 is 2.69 bits per heavy atom. The van der Waals surface area contributed by atoms with E-state index in [4.69, 9.17) is 9.47 Å². The van der Waals surface area contributed by atoms with Crippen LogP contribution < -0.4 is 10.1 Å². The first-order valence-corrected chi connectivity index (χ1v) is 9.66. The minimum Gasteiger partial charge on any atom is -0.484 e. The van der Waals surface area contributed by atoms with Crippen LogP contribution in [-0.4, -0.2) is 45.9 Å². The van der Waals surface area contributed by atoms with E-state index < -0.39 is 5.60 Å². The number of fused-ring (bicyclic) bond motifs is 1. The summed E-state index contributed by atoms with van der Waals surface area (Å²) in [4.78, 5) is 26.2. The van der Waals surface area contributed by atoms with Crippen LogP contribution in [0.15, 0.2) is 18.2 Å². The number of anilines is 1. The number of H-pyrrole nitrogens is 1. The summed E-state index contributed by atoms with van der Waals surface area (Å²) >= 11 is 0. The molecular formula is C21H28N4O4. The Balaban J connectivity index is 1.56. The van der Waals surface area contributed by atoms with Crippen LogP contribution in [0, 0.1) is 13.8 Å². The minimum atomic E-state index is -0.541. The highest BCUT2D eigenvalue weighted by Gasteiger charge is 2.28. The zero-order valence-corrected chi connectivity index (χ0v) is 17.6. The molecule has 1 aliphatic heterocycles. The number of hydrogen-bond acceptors (Lipinski definition) is 5. The fourth-order valence-corrected chi connectivity index (χ4v) is 3.02. The number of aromatic nitrogens is 2. The fraction of sp³-hybridized carbons (Fsp3) is 0.476. The SMILES string of the molecule is Cc1ccc(OCC(=O)Nc2n[nH]c3c2CCN(C(=O)OC(C)(C)C)C3)cc1C. The summed E-state index contributed by atoms with van der Waals surface area (Å²) in [5, 5.41) is 9.89. The second-order valence-corrected chi connectivity index (χ2v) is 8.26. The number of ether oxygens (including phenoxy) is 2. The Labute approximate surface area is 170 Å². The number of aromatic amines is 1. The number of nitrogens with zero attached hydrogens (tertiary/aromatic N) is 2. The fourth-order valence-electron chi connectivity index (χ4n) is 3.02. The van der Waals surface area contributed by atoms with E-state index in [0.717, 1.165) is 16.8 Å². The van der Waals surface area contributed by atoms with E-state index >= 15 is 0 Å². The number of hydrogen-bond donors (Lipinski definition) is 2. The molecule has 29 heavy (non-hydrogen) atoms. The van der Waals surface area contributed by atoms with Gasteiger partial charge in [-0.3, -0.25) is 9.89 Å². The first kappa shape index (κ1) is 20.7. The van der Waals surface area contributed by atoms with Crippen molar-refractivity contribution in [2.75, 3.05) is 18.5 Å². The van der Waals surface area contributed by atoms with Crippen molar-refractivity contribution in [2.24, 2.45) is 0 Å². The number of carbonyl (C=O) groups is 2. The van der Waals surface area contributed by atoms with E-state index in [-0.39, 0.29) is 18.6 Å². The molecule has 2 amide bonds. The number of benzene rings is 1. The van der Waals surface area contributed by atoms with E-state index in [0.29, 0.717) is 31.1 Å². The molecule has 1 aliphatic rings. The van der Waals surface area contributed by atoms with Gasteiger partial charge in [0.1, 0.15) is 11.4 Å². The number of amides is 2. The molecule has 0 unspecified atom stereocenters. The molecule has 1 aromatic heterocycles. The van der Waals surface area contributed by atoms with Gasteiger partial charge in [-0.05, 0) is 64.3 Å². The summed E-state index contributed by atoms with van der Waals surface area (Å²) in [5.74, 6) is 0.852. The first-order valence-electron chi connectivity index (χ1n) is 9.66. The maximum absolute atomic E-state index is 12.3. The van der Waals surface area contributed by atoms with Crippen molar-refractivity contribution in [1.29, 1.82) is 0 Å². The van der Waals surface area contributed by atoms with E-state index in [9.17, 15) is 9.59 Å². The van der Waals surface area contributed by atoms with Crippen molar-refractivity contribution in [3.8, 4) is 5.75 Å². The third-order valence-corrected chi connectivity index (χ3v) is 4.69. The number of nitrogens with one attached hydrogen (secondary N) is 2. The molecule has 2 N–H and O–H groups in total. The standard InChI is InChI=1S/C21H28N4O4/c1-13-6-7-15(10-14(13)2)28-12-18(26)22-19-16-8-9-25(11-17(16)23-24-19)20(27)29-21(3,4)5/h6-7,10H,8-9,11-12H2,1-5H3,(H2,22,23,24,26). The van der Waals surface area contributed by atoms with E-state index in [1.165, 1.54) is 5.56 Å². The predicted molar refractivity (Wildman–Crippen MR) is 109 cm³/mol. The average molecular weight is 400 g/mol. The second-order valence-electron chi connectivity index (χ2n) is 8.26. The van der Waals surface area contributed by atoms with Gasteiger partial charge in [-0.1, -0.05) is 6.07 Å². The Bertz CT molecular complexity index is 914. The monoisotopic (exact) mass is 400 g/mol. The van der Waals surface area contributed by atoms with Crippen LogP contribution >= 0.6 is 0 Å². The smallest absolute Gasteiger partial charge is 0.410 e. The van der Waals surface area contributed by atoms with Crippen LogP contribution in [0.1, 0.15) is 43.2 Å². The normalized spacial score (nSPS) is 13.6. The van der Waals surface area contributed by atoms with Crippen LogP contribution in [0.2, 0.25) is 0 Å². The Kier molecular flexibility index (Phi) is 5.81. The molecule has 0 atom stereocenters. The van der Waals surface area contributed by atoms with Gasteiger partial charge in [-0.25, -0.2) is 4.79 Å². The maximum atomic E-state index is 12.3. The molecule has 0 radical (unpaired) electrons. The molecule has 0 aliphatic carbocycles. The molecule has 1 aromatic carbocycles. The highest BCUT2D eigenvalue weighted by Crippen LogP contribution is 2.25. The molecule has 3 rings (SSSR count). The van der Waals surface area contributed by atoms with Gasteiger partial charge >= 0.3 is 6.09 Å². The lowest BCUT2D eigenvalue weighted by molar-refractivity contribution is -0.118. The number of aryl methyl sites for hydroxylation is 2. The van der Waals surface area contributed by atoms with Gasteiger partial charge in [0.2, 0.25) is 0 Å². The van der Waals surface area contributed by atoms with E-state index in [1.54, 1.807) is 4.90 Å². The van der Waals surface area contributed by atoms with Crippen LogP contribution in [0.3, 0.4) is 0 Å². The van der Waals surface area contributed by atoms with E-state index in [1.807, 2.05) is 52.8 Å². The number of rotatable bonds is 4. The van der Waals surface area contributed by atoms with Crippen LogP contribution in [0.5, 0.6) is 5.75 Å². The van der Waals surface area contributed by atoms with Crippen molar-refractivity contribution in [3.05, 3.63) is 40.6 Å². The quantitative estimate of drug-likeness (QED) is 0.821. The number of carbonyl (C=O) groups excluding carboxylic acids is 2. The second kappa shape index (κ2) is 8.14. The minimum absolute atomic E-state index is 0.103. The maximum Gasteiger partial charge on any atom is 0.410 e. The van der Waals surface area contributed by atoms with Crippen LogP contribution in [-0.2, 0) is 22.5 Å². The summed E-state index contributed by atoms with van der Waals surface area (Å²) in [6, 6.07) is 5.71. The van der Waals surface area contributed by atoms with Crippen LogP contribution in [0.25, 0.3) is 0 Å². The molecule has 0 spiro atoms. The van der Waals surface area contributed by atoms with Crippen molar-refractivity contribution < 1.29 is 19.1 Å². The van der Waals surface area contributed by atoms with Gasteiger partial charge in [0, 0.05) is 12.1 Å². The highest BCUT2D eigenvalue weighted by atomic mass is 16.6. The van der Waals surface area contributed by atoms with E-state index in [2.05, 4.69) is 15.5 Å². The summed E-state index contributed by atoms with van der Waals surface area (Å²) in [7, 11) is 0. The van der Waals surface area contributed by atoms with Gasteiger partial charge in [0.15, 0.2) is 12.4 Å². The molecular weight excluding hydrogens is 372 g/mol. The molecule has 0 bridgehead atoms. The third kappa shape index (κ3) is 5.28. The van der Waals surface area contributed by atoms with Gasteiger partial charge in [-0.15, -0.1) is 0 Å². The Hall–Kier alpha value is -3.03. The Morgan fingerprint density at radius 1 is 1.24 bits per heavy atom. The largest absolute Gasteiger partial charge is 0.484 e. The van der Waals surface area contributed by atoms with Crippen molar-refractivity contribution in [1.82, 2.24) is 15.1 Å². The lowest BCUT2D eigenvalue weighted by atomic mass is 10.1. The predicted octanol–water partition coefficient (Wildman–Crippen LogP) is 3.34. The van der Waals surface area contributed by atoms with Crippen molar-refractivity contribution >= 4 is 17.8 Å². The summed E-state index contributed by atoms with van der Waals surface area (Å²) < 4.78 is 11.0. The van der Waals surface area contributed by atoms with Crippen LogP contribution in [0.4, 0.5) is 10.6 Å². The lowest BCUT2D eigenvalue weighted by Crippen LogP contribution is -2.40. The molecule has 156 valence electrons. The zero-order chi connectivity index (χ0) is 21.2. The third-order valence-electron chi connectivity index (χ3n) is 4.69. The van der Waals surface area contributed by atoms with Gasteiger partial charge in [0.25, 0.3) is 5.91 Å². The molecule has 8 nitrogen and oxygen atoms in total. The highest BCUT2D eigenvalue weighted by molar-refractivity contribution is 5.91. The molecule has 0 fully saturated rings. The van der Waals surface area contributed by atoms with Gasteiger partial charge in [-0.2, -0.15) is 5.10 Å². The molecule has 8 heteroatoms. The van der Waals surface area contributed by atoms with Crippen molar-refractivity contribution in [2.45, 2.75) is 53.2 Å². The lowest BCUT2D eigenvalue weighted by Gasteiger charge is -2.29. The zero-order valence-electron chi connectivity index (χ0n) is 17.6. The summed E-state index contributed by atoms with van der Waals surface area (Å²) in [6.07, 6.45) is 0.226. The molecule has 0 saturated carbocycles. The summed E-state index contributed by atoms with van der Waals surface area (Å²) in [6.45, 7) is 10.3. The van der Waals surface area contributed by atoms with Crippen molar-refractivity contribution in [3.63, 3.8) is 0 Å². The topological polar surface area (TPSA) is 96.5 Å². The molecule has 2 heterocycles. The van der Waals surface area contributed by atoms with Gasteiger partial charge < -0.3 is 19.7 Å². The molecule has 2 aromatic rings. The Morgan fingerprint density at radius 2 is 2.00 bits per heavy atom. The average Bonchev–Trinajstić information content (AvgIpc) is 3.03.